The van der Waals surface area contributed by atoms with Crippen molar-refractivity contribution in [1.29, 1.82) is 0 Å². The van der Waals surface area contributed by atoms with Crippen LogP contribution in [0.25, 0.3) is 0 Å². The van der Waals surface area contributed by atoms with Gasteiger partial charge in [0, 0.05) is 43.2 Å². The molecule has 2 aliphatic rings. The van der Waals surface area contributed by atoms with Crippen LogP contribution in [0.1, 0.15) is 61.8 Å². The first-order chi connectivity index (χ1) is 16.1. The first kappa shape index (κ1) is 24.7. The Bertz CT molecular complexity index is 1190. The SMILES string of the molecule is CCc1sc([C@H]2C(C(=O)OC)=C(C)NC3=C2C(=O)CC(C)(C)C3)cc1COc1ccc(Br)cc1. The van der Waals surface area contributed by atoms with Crippen LogP contribution in [-0.4, -0.2) is 18.9 Å². The molecular formula is C27H30BrNO4S. The molecule has 4 rings (SSSR count). The van der Waals surface area contributed by atoms with Gasteiger partial charge in [-0.2, -0.15) is 0 Å². The molecule has 34 heavy (non-hydrogen) atoms. The second-order valence-corrected chi connectivity index (χ2v) is 11.7. The van der Waals surface area contributed by atoms with E-state index in [-0.39, 0.29) is 11.2 Å². The van der Waals surface area contributed by atoms with Gasteiger partial charge in [0.05, 0.1) is 18.6 Å². The van der Waals surface area contributed by atoms with Gasteiger partial charge < -0.3 is 14.8 Å². The molecule has 5 nitrogen and oxygen atoms in total. The predicted molar refractivity (Wildman–Crippen MR) is 138 cm³/mol. The van der Waals surface area contributed by atoms with Crippen molar-refractivity contribution in [2.24, 2.45) is 5.41 Å². The van der Waals surface area contributed by atoms with E-state index in [4.69, 9.17) is 9.47 Å². The van der Waals surface area contributed by atoms with Gasteiger partial charge in [0.2, 0.25) is 0 Å². The van der Waals surface area contributed by atoms with Crippen LogP contribution in [0.3, 0.4) is 0 Å². The van der Waals surface area contributed by atoms with Crippen LogP contribution >= 0.6 is 27.3 Å². The first-order valence-corrected chi connectivity index (χ1v) is 13.1. The Kier molecular flexibility index (Phi) is 7.06. The summed E-state index contributed by atoms with van der Waals surface area (Å²) in [7, 11) is 1.39. The van der Waals surface area contributed by atoms with Crippen LogP contribution < -0.4 is 10.1 Å². The second kappa shape index (κ2) is 9.70. The molecule has 0 fully saturated rings. The monoisotopic (exact) mass is 543 g/mol. The minimum atomic E-state index is -0.427. The minimum absolute atomic E-state index is 0.0942. The second-order valence-electron chi connectivity index (χ2n) is 9.61. The molecule has 0 saturated heterocycles. The maximum atomic E-state index is 13.4. The summed E-state index contributed by atoms with van der Waals surface area (Å²) < 4.78 is 12.2. The van der Waals surface area contributed by atoms with E-state index in [1.807, 2.05) is 31.2 Å². The number of Topliss-reactive ketones (excluding diaryl/α,β-unsaturated/α-hetero) is 1. The zero-order valence-electron chi connectivity index (χ0n) is 20.2. The van der Waals surface area contributed by atoms with Gasteiger partial charge in [-0.05, 0) is 55.5 Å². The summed E-state index contributed by atoms with van der Waals surface area (Å²) in [5.41, 5.74) is 3.85. The molecular weight excluding hydrogens is 514 g/mol. The zero-order valence-corrected chi connectivity index (χ0v) is 22.6. The molecule has 7 heteroatoms. The van der Waals surface area contributed by atoms with Crippen molar-refractivity contribution in [3.63, 3.8) is 0 Å². The van der Waals surface area contributed by atoms with Crippen molar-refractivity contribution in [2.45, 2.75) is 59.5 Å². The van der Waals surface area contributed by atoms with Crippen LogP contribution in [0.4, 0.5) is 0 Å². The first-order valence-electron chi connectivity index (χ1n) is 11.5. The van der Waals surface area contributed by atoms with Crippen LogP contribution in [-0.2, 0) is 27.4 Å². The molecule has 0 amide bonds. The number of nitrogens with one attached hydrogen (secondary N) is 1. The van der Waals surface area contributed by atoms with Crippen molar-refractivity contribution >= 4 is 39.0 Å². The summed E-state index contributed by atoms with van der Waals surface area (Å²) in [6.45, 7) is 8.65. The number of esters is 1. The number of allylic oxidation sites excluding steroid dienone is 3. The Hall–Kier alpha value is -2.38. The molecule has 1 aromatic carbocycles. The number of aryl methyl sites for hydroxylation is 1. The number of rotatable bonds is 6. The van der Waals surface area contributed by atoms with Crippen molar-refractivity contribution in [2.75, 3.05) is 7.11 Å². The molecule has 0 spiro atoms. The number of hydrogen-bond donors (Lipinski definition) is 1. The number of carbonyl (C=O) groups is 2. The topological polar surface area (TPSA) is 64.6 Å². The normalized spacial score (nSPS) is 19.6. The molecule has 1 N–H and O–H groups in total. The smallest absolute Gasteiger partial charge is 0.336 e. The third-order valence-electron chi connectivity index (χ3n) is 6.37. The van der Waals surface area contributed by atoms with Gasteiger partial charge in [-0.1, -0.05) is 36.7 Å². The fraction of sp³-hybridized carbons (Fsp3) is 0.407. The van der Waals surface area contributed by atoms with E-state index in [0.717, 1.165) is 44.9 Å². The van der Waals surface area contributed by atoms with Crippen LogP contribution in [0.2, 0.25) is 0 Å². The minimum Gasteiger partial charge on any atom is -0.489 e. The summed E-state index contributed by atoms with van der Waals surface area (Å²) in [4.78, 5) is 28.5. The van der Waals surface area contributed by atoms with Crippen molar-refractivity contribution in [1.82, 2.24) is 5.32 Å². The fourth-order valence-electron chi connectivity index (χ4n) is 4.85. The number of methoxy groups -OCH3 is 1. The molecule has 0 radical (unpaired) electrons. The van der Waals surface area contributed by atoms with Crippen molar-refractivity contribution in [3.05, 3.63) is 72.7 Å². The highest BCUT2D eigenvalue weighted by Gasteiger charge is 2.43. The molecule has 2 aromatic rings. The van der Waals surface area contributed by atoms with E-state index in [9.17, 15) is 9.59 Å². The Morgan fingerprint density at radius 1 is 1.24 bits per heavy atom. The molecule has 180 valence electrons. The number of ether oxygens (including phenoxy) is 2. The molecule has 0 bridgehead atoms. The number of halogens is 1. The fourth-order valence-corrected chi connectivity index (χ4v) is 6.34. The van der Waals surface area contributed by atoms with Crippen molar-refractivity contribution in [3.8, 4) is 5.75 Å². The van der Waals surface area contributed by atoms with E-state index in [1.165, 1.54) is 12.0 Å². The number of carbonyl (C=O) groups excluding carboxylic acids is 2. The summed E-state index contributed by atoms with van der Waals surface area (Å²) >= 11 is 5.10. The highest BCUT2D eigenvalue weighted by molar-refractivity contribution is 9.10. The largest absolute Gasteiger partial charge is 0.489 e. The Morgan fingerprint density at radius 3 is 2.59 bits per heavy atom. The average Bonchev–Trinajstić information content (AvgIpc) is 3.19. The van der Waals surface area contributed by atoms with Gasteiger partial charge >= 0.3 is 5.97 Å². The number of thiophene rings is 1. The number of benzene rings is 1. The third kappa shape index (κ3) is 4.86. The van der Waals surface area contributed by atoms with Crippen molar-refractivity contribution < 1.29 is 19.1 Å². The molecule has 1 aromatic heterocycles. The number of hydrogen-bond acceptors (Lipinski definition) is 6. The maximum Gasteiger partial charge on any atom is 0.336 e. The molecule has 0 unspecified atom stereocenters. The zero-order chi connectivity index (χ0) is 24.6. The van der Waals surface area contributed by atoms with Gasteiger partial charge in [-0.15, -0.1) is 11.3 Å². The third-order valence-corrected chi connectivity index (χ3v) is 8.29. The summed E-state index contributed by atoms with van der Waals surface area (Å²) in [5, 5.41) is 3.37. The Balaban J connectivity index is 1.75. The van der Waals surface area contributed by atoms with Gasteiger partial charge in [-0.25, -0.2) is 4.79 Å². The molecule has 1 aliphatic carbocycles. The standard InChI is InChI=1S/C27H30BrNO4S/c1-6-21-16(14-33-18-9-7-17(28)8-10-18)11-22(34-21)25-23(26(31)32-5)15(2)29-19-12-27(3,4)13-20(30)24(19)25/h7-11,25,29H,6,12-14H2,1-5H3/t25-/m0/s1. The lowest BCUT2D eigenvalue weighted by atomic mass is 9.70. The maximum absolute atomic E-state index is 13.4. The van der Waals surface area contributed by atoms with E-state index in [1.54, 1.807) is 11.3 Å². The lowest BCUT2D eigenvalue weighted by Crippen LogP contribution is -2.38. The van der Waals surface area contributed by atoms with E-state index >= 15 is 0 Å². The summed E-state index contributed by atoms with van der Waals surface area (Å²) in [5.74, 6) is 0.0552. The van der Waals surface area contributed by atoms with Gasteiger partial charge in [-0.3, -0.25) is 4.79 Å². The number of dihydropyridines is 1. The molecule has 1 atom stereocenters. The van der Waals surface area contributed by atoms with Crippen LogP contribution in [0, 0.1) is 5.41 Å². The quantitative estimate of drug-likeness (QED) is 0.425. The van der Waals surface area contributed by atoms with E-state index in [2.05, 4.69) is 48.1 Å². The molecule has 1 aliphatic heterocycles. The van der Waals surface area contributed by atoms with Crippen LogP contribution in [0.5, 0.6) is 5.75 Å². The Labute approximate surface area is 213 Å². The lowest BCUT2D eigenvalue weighted by Gasteiger charge is -2.39. The lowest BCUT2D eigenvalue weighted by molar-refractivity contribution is -0.136. The summed E-state index contributed by atoms with van der Waals surface area (Å²) in [6, 6.07) is 9.86. The molecule has 2 heterocycles. The highest BCUT2D eigenvalue weighted by atomic mass is 79.9. The van der Waals surface area contributed by atoms with Crippen LogP contribution in [0.15, 0.2) is 57.3 Å². The predicted octanol–water partition coefficient (Wildman–Crippen LogP) is 6.43. The van der Waals surface area contributed by atoms with E-state index in [0.29, 0.717) is 24.2 Å². The number of ketones is 1. The van der Waals surface area contributed by atoms with Gasteiger partial charge in [0.15, 0.2) is 5.78 Å². The average molecular weight is 545 g/mol. The summed E-state index contributed by atoms with van der Waals surface area (Å²) in [6.07, 6.45) is 2.07. The van der Waals surface area contributed by atoms with E-state index < -0.39 is 11.9 Å². The van der Waals surface area contributed by atoms with Gasteiger partial charge in [0.1, 0.15) is 12.4 Å². The highest BCUT2D eigenvalue weighted by Crippen LogP contribution is 2.48. The van der Waals surface area contributed by atoms with Gasteiger partial charge in [0.25, 0.3) is 0 Å². The molecule has 0 saturated carbocycles. The Morgan fingerprint density at radius 2 is 1.94 bits per heavy atom.